The Hall–Kier alpha value is -1.39. The van der Waals surface area contributed by atoms with Crippen LogP contribution in [0.2, 0.25) is 0 Å². The molecule has 1 heterocycles. The van der Waals surface area contributed by atoms with Gasteiger partial charge in [-0.05, 0) is 37.9 Å². The van der Waals surface area contributed by atoms with E-state index in [2.05, 4.69) is 42.3 Å². The summed E-state index contributed by atoms with van der Waals surface area (Å²) < 4.78 is 6.10. The van der Waals surface area contributed by atoms with E-state index in [0.717, 1.165) is 0 Å². The maximum absolute atomic E-state index is 12.0. The van der Waals surface area contributed by atoms with Crippen molar-refractivity contribution < 1.29 is 29.4 Å². The van der Waals surface area contributed by atoms with Crippen molar-refractivity contribution in [2.75, 3.05) is 13.7 Å². The average molecular weight is 454 g/mol. The lowest BCUT2D eigenvalue weighted by Crippen LogP contribution is -2.45. The summed E-state index contributed by atoms with van der Waals surface area (Å²) in [5.74, 6) is -1.12. The fourth-order valence-corrected chi connectivity index (χ4v) is 4.00. The molecular weight excluding hydrogens is 440 g/mol. The molecule has 1 aliphatic heterocycles. The van der Waals surface area contributed by atoms with Crippen LogP contribution < -0.4 is 5.32 Å². The molecule has 8 nitrogen and oxygen atoms in total. The highest BCUT2D eigenvalue weighted by molar-refractivity contribution is 9.12. The third kappa shape index (κ3) is 3.59. The fourth-order valence-electron chi connectivity index (χ4n) is 2.20. The van der Waals surface area contributed by atoms with Gasteiger partial charge in [0.1, 0.15) is 17.6 Å². The molecule has 2 rings (SSSR count). The van der Waals surface area contributed by atoms with Crippen LogP contribution in [-0.2, 0) is 19.2 Å². The van der Waals surface area contributed by atoms with Gasteiger partial charge in [-0.15, -0.1) is 0 Å². The topological polar surface area (TPSA) is 117 Å². The molecule has 0 fully saturated rings. The normalized spacial score (nSPS) is 26.5. The molecule has 0 saturated heterocycles. The van der Waals surface area contributed by atoms with E-state index in [1.807, 2.05) is 0 Å². The molecule has 126 valence electrons. The number of methoxy groups -OCH3 is 1. The minimum atomic E-state index is -1.22. The van der Waals surface area contributed by atoms with Crippen molar-refractivity contribution in [2.45, 2.75) is 24.5 Å². The third-order valence-electron chi connectivity index (χ3n) is 3.37. The zero-order valence-electron chi connectivity index (χ0n) is 12.0. The highest BCUT2D eigenvalue weighted by Crippen LogP contribution is 2.43. The first kappa shape index (κ1) is 18.0. The monoisotopic (exact) mass is 452 g/mol. The molecule has 0 radical (unpaired) electrons. The molecule has 0 bridgehead atoms. The predicted molar refractivity (Wildman–Crippen MR) is 87.1 cm³/mol. The zero-order chi connectivity index (χ0) is 17.2. The average Bonchev–Trinajstić information content (AvgIpc) is 2.90. The van der Waals surface area contributed by atoms with Crippen molar-refractivity contribution in [1.29, 1.82) is 0 Å². The van der Waals surface area contributed by atoms with Gasteiger partial charge >= 0.3 is 5.97 Å². The van der Waals surface area contributed by atoms with E-state index in [0.29, 0.717) is 14.7 Å². The summed E-state index contributed by atoms with van der Waals surface area (Å²) in [6.07, 6.45) is 0.327. The van der Waals surface area contributed by atoms with E-state index in [4.69, 9.17) is 14.7 Å². The molecule has 2 aliphatic rings. The second-order valence-corrected chi connectivity index (χ2v) is 6.65. The van der Waals surface area contributed by atoms with E-state index in [9.17, 15) is 14.7 Å². The summed E-state index contributed by atoms with van der Waals surface area (Å²) in [7, 11) is 1.46. The molecule has 0 aromatic heterocycles. The number of carbonyl (C=O) groups excluding carboxylic acids is 1. The number of carboxylic acids is 1. The van der Waals surface area contributed by atoms with Crippen molar-refractivity contribution >= 4 is 49.4 Å². The molecule has 2 atom stereocenters. The number of hydrogen-bond donors (Lipinski definition) is 3. The molecule has 0 aromatic carbocycles. The quantitative estimate of drug-likeness (QED) is 0.571. The lowest BCUT2D eigenvalue weighted by atomic mass is 9.87. The molecule has 0 saturated carbocycles. The number of nitrogens with one attached hydrogen (secondary N) is 1. The maximum atomic E-state index is 12.0. The molecule has 0 aromatic rings. The zero-order valence-corrected chi connectivity index (χ0v) is 15.2. The molecule has 10 heteroatoms. The molecule has 1 aliphatic carbocycles. The van der Waals surface area contributed by atoms with Crippen LogP contribution in [0, 0.1) is 0 Å². The Morgan fingerprint density at radius 3 is 2.87 bits per heavy atom. The van der Waals surface area contributed by atoms with Gasteiger partial charge in [0.25, 0.3) is 5.91 Å². The van der Waals surface area contributed by atoms with Crippen LogP contribution >= 0.6 is 31.9 Å². The summed E-state index contributed by atoms with van der Waals surface area (Å²) in [6, 6.07) is 0. The molecular formula is C13H14Br2N2O6. The van der Waals surface area contributed by atoms with Crippen LogP contribution in [0.5, 0.6) is 0 Å². The van der Waals surface area contributed by atoms with Gasteiger partial charge in [-0.3, -0.25) is 9.59 Å². The van der Waals surface area contributed by atoms with Crippen LogP contribution in [0.25, 0.3) is 0 Å². The Balaban J connectivity index is 2.07. The maximum Gasteiger partial charge on any atom is 0.305 e. The van der Waals surface area contributed by atoms with Gasteiger partial charge in [-0.2, -0.15) is 0 Å². The molecule has 3 N–H and O–H groups in total. The number of hydrogen-bond acceptors (Lipinski definition) is 6. The van der Waals surface area contributed by atoms with Crippen molar-refractivity contribution in [3.63, 3.8) is 0 Å². The van der Waals surface area contributed by atoms with Crippen LogP contribution in [0.3, 0.4) is 0 Å². The number of carbonyl (C=O) groups is 2. The second-order valence-electron chi connectivity index (χ2n) is 4.94. The van der Waals surface area contributed by atoms with Gasteiger partial charge in [-0.1, -0.05) is 5.16 Å². The lowest BCUT2D eigenvalue weighted by molar-refractivity contribution is -0.136. The Kier molecular flexibility index (Phi) is 5.48. The second kappa shape index (κ2) is 7.02. The summed E-state index contributed by atoms with van der Waals surface area (Å²) in [6.45, 7) is -0.0142. The summed E-state index contributed by atoms with van der Waals surface area (Å²) >= 11 is 6.58. The predicted octanol–water partition coefficient (Wildman–Crippen LogP) is 0.999. The lowest BCUT2D eigenvalue weighted by Gasteiger charge is -2.33. The Morgan fingerprint density at radius 1 is 1.57 bits per heavy atom. The van der Waals surface area contributed by atoms with Gasteiger partial charge in [0.15, 0.2) is 5.60 Å². The van der Waals surface area contributed by atoms with Gasteiger partial charge in [0.05, 0.1) is 22.5 Å². The van der Waals surface area contributed by atoms with E-state index in [1.165, 1.54) is 7.11 Å². The van der Waals surface area contributed by atoms with Crippen molar-refractivity contribution in [2.24, 2.45) is 5.16 Å². The van der Waals surface area contributed by atoms with Gasteiger partial charge in [0, 0.05) is 13.0 Å². The number of nitrogens with zero attached hydrogens (tertiary/aromatic N) is 1. The number of oxime groups is 1. The first-order valence-corrected chi connectivity index (χ1v) is 8.15. The smallest absolute Gasteiger partial charge is 0.305 e. The first-order valence-electron chi connectivity index (χ1n) is 6.56. The number of rotatable bonds is 5. The SMILES string of the molecule is COC1=C(Br)[C@H](O)[C@@]2(C=C1Br)CC(C(=O)NCCC(=O)O)=NO2. The first-order chi connectivity index (χ1) is 10.8. The number of carboxylic acid groups (broad SMARTS) is 1. The van der Waals surface area contributed by atoms with Gasteiger partial charge in [-0.25, -0.2) is 0 Å². The number of allylic oxidation sites excluding steroid dienone is 1. The van der Waals surface area contributed by atoms with Crippen LogP contribution in [0.15, 0.2) is 26.0 Å². The van der Waals surface area contributed by atoms with Crippen molar-refractivity contribution in [1.82, 2.24) is 5.32 Å². The summed E-state index contributed by atoms with van der Waals surface area (Å²) in [5.41, 5.74) is -1.15. The number of amides is 1. The van der Waals surface area contributed by atoms with Crippen molar-refractivity contribution in [3.8, 4) is 0 Å². The van der Waals surface area contributed by atoms with Crippen molar-refractivity contribution in [3.05, 3.63) is 20.8 Å². The molecule has 1 spiro atoms. The number of halogens is 2. The number of ether oxygens (including phenoxy) is 1. The van der Waals surface area contributed by atoms with E-state index in [1.54, 1.807) is 6.08 Å². The van der Waals surface area contributed by atoms with E-state index in [-0.39, 0.29) is 25.1 Å². The number of aliphatic hydroxyl groups is 1. The largest absolute Gasteiger partial charge is 0.495 e. The minimum absolute atomic E-state index is 0.0142. The number of aliphatic carboxylic acids is 1. The molecule has 1 amide bonds. The highest BCUT2D eigenvalue weighted by Gasteiger charge is 2.50. The molecule has 23 heavy (non-hydrogen) atoms. The fraction of sp³-hybridized carbons (Fsp3) is 0.462. The highest BCUT2D eigenvalue weighted by atomic mass is 79.9. The molecule has 0 unspecified atom stereocenters. The van der Waals surface area contributed by atoms with Gasteiger partial charge < -0.3 is 25.1 Å². The third-order valence-corrected chi connectivity index (χ3v) is 4.75. The Morgan fingerprint density at radius 2 is 2.26 bits per heavy atom. The van der Waals surface area contributed by atoms with Crippen LogP contribution in [0.4, 0.5) is 0 Å². The van der Waals surface area contributed by atoms with E-state index >= 15 is 0 Å². The van der Waals surface area contributed by atoms with E-state index < -0.39 is 23.6 Å². The Labute approximate surface area is 148 Å². The van der Waals surface area contributed by atoms with Crippen LogP contribution in [-0.4, -0.2) is 53.2 Å². The standard InChI is InChI=1S/C13H14Br2N2O6/c1-22-10-6(14)4-13(11(20)9(10)15)5-7(17-23-13)12(21)16-3-2-8(18)19/h4,11,20H,2-3,5H2,1H3,(H,16,21)(H,18,19)/t11-,13+/m0/s1. The van der Waals surface area contributed by atoms with Crippen LogP contribution in [0.1, 0.15) is 12.8 Å². The summed E-state index contributed by atoms with van der Waals surface area (Å²) in [5, 5.41) is 25.2. The Bertz CT molecular complexity index is 630. The minimum Gasteiger partial charge on any atom is -0.495 e. The number of aliphatic hydroxyl groups excluding tert-OH is 1. The van der Waals surface area contributed by atoms with Gasteiger partial charge in [0.2, 0.25) is 0 Å². The summed E-state index contributed by atoms with van der Waals surface area (Å²) in [4.78, 5) is 27.7.